The number of rotatable bonds is 1. The molecule has 0 bridgehead atoms. The lowest BCUT2D eigenvalue weighted by Gasteiger charge is -2.06. The number of hydrogen-bond acceptors (Lipinski definition) is 2. The predicted octanol–water partition coefficient (Wildman–Crippen LogP) is 4.58. The Kier molecular flexibility index (Phi) is 3.54. The smallest absolute Gasteiger partial charge is 0.0992 e. The SMILES string of the molecule is N#Cc1ccnc(-c2ccc(Cl)c(Cl)c2Cl)c1. The first-order valence-corrected chi connectivity index (χ1v) is 5.77. The summed E-state index contributed by atoms with van der Waals surface area (Å²) in [5.41, 5.74) is 1.75. The summed E-state index contributed by atoms with van der Waals surface area (Å²) < 4.78 is 0. The molecule has 0 saturated carbocycles. The van der Waals surface area contributed by atoms with Crippen molar-refractivity contribution in [3.05, 3.63) is 51.1 Å². The number of nitriles is 1. The largest absolute Gasteiger partial charge is 0.256 e. The number of aromatic nitrogens is 1. The van der Waals surface area contributed by atoms with Crippen LogP contribution >= 0.6 is 34.8 Å². The molecular weight excluding hydrogens is 279 g/mol. The van der Waals surface area contributed by atoms with E-state index in [1.54, 1.807) is 30.5 Å². The van der Waals surface area contributed by atoms with Crippen molar-refractivity contribution >= 4 is 34.8 Å². The number of hydrogen-bond donors (Lipinski definition) is 0. The van der Waals surface area contributed by atoms with Gasteiger partial charge in [0.25, 0.3) is 0 Å². The van der Waals surface area contributed by atoms with E-state index < -0.39 is 0 Å². The molecule has 2 nitrogen and oxygen atoms in total. The highest BCUT2D eigenvalue weighted by atomic mass is 35.5. The van der Waals surface area contributed by atoms with Gasteiger partial charge in [-0.2, -0.15) is 5.26 Å². The zero-order chi connectivity index (χ0) is 12.4. The zero-order valence-electron chi connectivity index (χ0n) is 8.42. The maximum atomic E-state index is 8.82. The minimum absolute atomic E-state index is 0.287. The van der Waals surface area contributed by atoms with Crippen molar-refractivity contribution in [2.75, 3.05) is 0 Å². The summed E-state index contributed by atoms with van der Waals surface area (Å²) in [5, 5.41) is 9.83. The van der Waals surface area contributed by atoms with Gasteiger partial charge in [0.2, 0.25) is 0 Å². The summed E-state index contributed by atoms with van der Waals surface area (Å²) in [6, 6.07) is 8.67. The Balaban J connectivity index is 2.61. The Morgan fingerprint density at radius 3 is 2.53 bits per heavy atom. The molecule has 0 radical (unpaired) electrons. The van der Waals surface area contributed by atoms with E-state index >= 15 is 0 Å². The second kappa shape index (κ2) is 4.93. The third-order valence-corrected chi connectivity index (χ3v) is 3.49. The molecule has 0 aliphatic rings. The molecule has 84 valence electrons. The molecule has 0 N–H and O–H groups in total. The van der Waals surface area contributed by atoms with Gasteiger partial charge in [-0.15, -0.1) is 0 Å². The standard InChI is InChI=1S/C12H5Cl3N2/c13-9-2-1-8(11(14)12(9)15)10-5-7(6-16)3-4-17-10/h1-5H. The topological polar surface area (TPSA) is 36.7 Å². The lowest BCUT2D eigenvalue weighted by Crippen LogP contribution is -1.87. The molecule has 0 aliphatic heterocycles. The summed E-state index contributed by atoms with van der Waals surface area (Å²) in [7, 11) is 0. The summed E-state index contributed by atoms with van der Waals surface area (Å²) >= 11 is 17.9. The van der Waals surface area contributed by atoms with E-state index in [0.29, 0.717) is 26.9 Å². The highest BCUT2D eigenvalue weighted by Gasteiger charge is 2.11. The van der Waals surface area contributed by atoms with Crippen molar-refractivity contribution in [3.8, 4) is 17.3 Å². The van der Waals surface area contributed by atoms with Gasteiger partial charge in [0.05, 0.1) is 32.4 Å². The molecule has 1 heterocycles. The Hall–Kier alpha value is -1.27. The third-order valence-electron chi connectivity index (χ3n) is 2.20. The van der Waals surface area contributed by atoms with Crippen LogP contribution < -0.4 is 0 Å². The van der Waals surface area contributed by atoms with E-state index in [1.165, 1.54) is 0 Å². The van der Waals surface area contributed by atoms with Crippen LogP contribution in [0.15, 0.2) is 30.5 Å². The van der Waals surface area contributed by atoms with Gasteiger partial charge in [0.15, 0.2) is 0 Å². The number of halogens is 3. The fraction of sp³-hybridized carbons (Fsp3) is 0. The highest BCUT2D eigenvalue weighted by molar-refractivity contribution is 6.49. The third kappa shape index (κ3) is 2.37. The van der Waals surface area contributed by atoms with Crippen LogP contribution in [0.1, 0.15) is 5.56 Å². The van der Waals surface area contributed by atoms with E-state index in [9.17, 15) is 0 Å². The fourth-order valence-corrected chi connectivity index (χ4v) is 2.00. The van der Waals surface area contributed by atoms with Gasteiger partial charge in [0, 0.05) is 11.8 Å². The van der Waals surface area contributed by atoms with Crippen LogP contribution in [0.5, 0.6) is 0 Å². The molecule has 5 heteroatoms. The molecule has 0 atom stereocenters. The zero-order valence-corrected chi connectivity index (χ0v) is 10.7. The van der Waals surface area contributed by atoms with E-state index in [2.05, 4.69) is 4.98 Å². The molecule has 0 unspecified atom stereocenters. The second-order valence-corrected chi connectivity index (χ2v) is 4.43. The van der Waals surface area contributed by atoms with Crippen LogP contribution in [0.25, 0.3) is 11.3 Å². The maximum absolute atomic E-state index is 8.82. The first kappa shape index (κ1) is 12.2. The van der Waals surface area contributed by atoms with Gasteiger partial charge >= 0.3 is 0 Å². The van der Waals surface area contributed by atoms with Crippen LogP contribution in [0.3, 0.4) is 0 Å². The molecule has 1 aromatic carbocycles. The monoisotopic (exact) mass is 282 g/mol. The molecule has 1 aromatic heterocycles. The Bertz CT molecular complexity index is 618. The number of benzene rings is 1. The van der Waals surface area contributed by atoms with E-state index in [-0.39, 0.29) is 5.02 Å². The molecule has 0 fully saturated rings. The lowest BCUT2D eigenvalue weighted by molar-refractivity contribution is 1.31. The Morgan fingerprint density at radius 2 is 1.82 bits per heavy atom. The fourth-order valence-electron chi connectivity index (χ4n) is 1.37. The summed E-state index contributed by atoms with van der Waals surface area (Å²) in [6.45, 7) is 0. The molecular formula is C12H5Cl3N2. The van der Waals surface area contributed by atoms with Crippen LogP contribution in [0.2, 0.25) is 15.1 Å². The van der Waals surface area contributed by atoms with Crippen molar-refractivity contribution in [1.29, 1.82) is 5.26 Å². The molecule has 0 amide bonds. The van der Waals surface area contributed by atoms with Crippen LogP contribution in [-0.2, 0) is 0 Å². The second-order valence-electron chi connectivity index (χ2n) is 3.26. The average molecular weight is 284 g/mol. The minimum atomic E-state index is 0.287. The molecule has 2 aromatic rings. The summed E-state index contributed by atoms with van der Waals surface area (Å²) in [5.74, 6) is 0. The maximum Gasteiger partial charge on any atom is 0.0992 e. The van der Waals surface area contributed by atoms with Gasteiger partial charge in [0.1, 0.15) is 0 Å². The Labute approximate surface area is 113 Å². The Morgan fingerprint density at radius 1 is 1.06 bits per heavy atom. The molecule has 0 saturated heterocycles. The normalized spacial score (nSPS) is 10.0. The molecule has 0 spiro atoms. The van der Waals surface area contributed by atoms with E-state index in [1.807, 2.05) is 6.07 Å². The lowest BCUT2D eigenvalue weighted by atomic mass is 10.1. The first-order valence-electron chi connectivity index (χ1n) is 4.63. The highest BCUT2D eigenvalue weighted by Crippen LogP contribution is 2.37. The van der Waals surface area contributed by atoms with E-state index in [4.69, 9.17) is 40.1 Å². The number of nitrogens with zero attached hydrogens (tertiary/aromatic N) is 2. The first-order chi connectivity index (χ1) is 8.13. The summed E-state index contributed by atoms with van der Waals surface area (Å²) in [4.78, 5) is 4.15. The van der Waals surface area contributed by atoms with Gasteiger partial charge in [-0.3, -0.25) is 4.98 Å². The van der Waals surface area contributed by atoms with Crippen molar-refractivity contribution in [2.24, 2.45) is 0 Å². The molecule has 2 rings (SSSR count). The van der Waals surface area contributed by atoms with Gasteiger partial charge in [-0.1, -0.05) is 34.8 Å². The molecule has 0 aliphatic carbocycles. The minimum Gasteiger partial charge on any atom is -0.256 e. The van der Waals surface area contributed by atoms with Crippen molar-refractivity contribution in [1.82, 2.24) is 4.98 Å². The van der Waals surface area contributed by atoms with Crippen molar-refractivity contribution in [2.45, 2.75) is 0 Å². The van der Waals surface area contributed by atoms with Crippen LogP contribution in [0, 0.1) is 11.3 Å². The summed E-state index contributed by atoms with van der Waals surface area (Å²) in [6.07, 6.45) is 1.55. The van der Waals surface area contributed by atoms with Crippen molar-refractivity contribution < 1.29 is 0 Å². The predicted molar refractivity (Wildman–Crippen MR) is 69.4 cm³/mol. The molecule has 17 heavy (non-hydrogen) atoms. The van der Waals surface area contributed by atoms with Crippen LogP contribution in [-0.4, -0.2) is 4.98 Å². The van der Waals surface area contributed by atoms with Gasteiger partial charge in [-0.25, -0.2) is 0 Å². The quantitative estimate of drug-likeness (QED) is 0.718. The van der Waals surface area contributed by atoms with Crippen molar-refractivity contribution in [3.63, 3.8) is 0 Å². The van der Waals surface area contributed by atoms with Crippen LogP contribution in [0.4, 0.5) is 0 Å². The van der Waals surface area contributed by atoms with Gasteiger partial charge < -0.3 is 0 Å². The average Bonchev–Trinajstić information content (AvgIpc) is 2.36. The van der Waals surface area contributed by atoms with E-state index in [0.717, 1.165) is 0 Å². The number of pyridine rings is 1. The van der Waals surface area contributed by atoms with Gasteiger partial charge in [-0.05, 0) is 24.3 Å².